The van der Waals surface area contributed by atoms with Crippen molar-refractivity contribution in [2.24, 2.45) is 0 Å². The van der Waals surface area contributed by atoms with Crippen molar-refractivity contribution < 1.29 is 17.9 Å². The second kappa shape index (κ2) is 11.9. The maximum absolute atomic E-state index is 12.6. The molecular weight excluding hydrogens is 479 g/mol. The molecule has 2 aromatic rings. The van der Waals surface area contributed by atoms with E-state index < -0.39 is 16.1 Å². The smallest absolute Gasteiger partial charge is 0.243 e. The quantitative estimate of drug-likeness (QED) is 0.452. The van der Waals surface area contributed by atoms with E-state index in [1.165, 1.54) is 0 Å². The van der Waals surface area contributed by atoms with Crippen molar-refractivity contribution in [3.63, 3.8) is 0 Å². The Bertz CT molecular complexity index is 965. The van der Waals surface area contributed by atoms with Crippen molar-refractivity contribution >= 4 is 56.6 Å². The minimum Gasteiger partial charge on any atom is -0.494 e. The molecule has 2 rings (SSSR count). The summed E-state index contributed by atoms with van der Waals surface area (Å²) in [5.74, 6) is 1.50. The first-order valence-corrected chi connectivity index (χ1v) is 13.4. The maximum Gasteiger partial charge on any atom is 0.243 e. The van der Waals surface area contributed by atoms with Crippen LogP contribution in [-0.2, 0) is 20.6 Å². The largest absolute Gasteiger partial charge is 0.494 e. The summed E-state index contributed by atoms with van der Waals surface area (Å²) in [6.07, 6.45) is 1.08. The second-order valence-corrected chi connectivity index (χ2v) is 10.5. The van der Waals surface area contributed by atoms with Crippen LogP contribution in [0.15, 0.2) is 42.5 Å². The van der Waals surface area contributed by atoms with Crippen LogP contribution in [0.2, 0.25) is 10.0 Å². The van der Waals surface area contributed by atoms with Gasteiger partial charge in [0.2, 0.25) is 15.9 Å². The number of nitrogens with zero attached hydrogens (tertiary/aromatic N) is 1. The number of thioether (sulfide) groups is 1. The van der Waals surface area contributed by atoms with E-state index in [1.54, 1.807) is 61.2 Å². The van der Waals surface area contributed by atoms with Gasteiger partial charge < -0.3 is 10.1 Å². The van der Waals surface area contributed by atoms with Crippen LogP contribution in [0, 0.1) is 0 Å². The molecule has 10 heteroatoms. The Morgan fingerprint density at radius 3 is 2.32 bits per heavy atom. The van der Waals surface area contributed by atoms with Gasteiger partial charge in [-0.15, -0.1) is 0 Å². The zero-order valence-corrected chi connectivity index (χ0v) is 20.7. The fourth-order valence-corrected chi connectivity index (χ4v) is 5.67. The lowest BCUT2D eigenvalue weighted by atomic mass is 10.2. The fraction of sp³-hybridized carbons (Fsp3) is 0.381. The summed E-state index contributed by atoms with van der Waals surface area (Å²) in [5, 5.41) is 4.01. The molecule has 0 fully saturated rings. The highest BCUT2D eigenvalue weighted by Crippen LogP contribution is 2.28. The molecule has 0 aliphatic carbocycles. The Hall–Kier alpha value is -1.61. The van der Waals surface area contributed by atoms with Crippen molar-refractivity contribution in [2.45, 2.75) is 25.6 Å². The van der Waals surface area contributed by atoms with Gasteiger partial charge in [0.05, 0.1) is 18.6 Å². The number of carbonyl (C=O) groups is 1. The van der Waals surface area contributed by atoms with Gasteiger partial charge in [-0.25, -0.2) is 8.42 Å². The molecule has 0 bridgehead atoms. The monoisotopic (exact) mass is 504 g/mol. The number of ether oxygens (including phenoxy) is 1. The Morgan fingerprint density at radius 1 is 1.16 bits per heavy atom. The van der Waals surface area contributed by atoms with Crippen molar-refractivity contribution in [3.05, 3.63) is 58.1 Å². The molecule has 0 saturated carbocycles. The summed E-state index contributed by atoms with van der Waals surface area (Å²) in [6.45, 7) is 4.32. The summed E-state index contributed by atoms with van der Waals surface area (Å²) in [5.41, 5.74) is 1.26. The van der Waals surface area contributed by atoms with Gasteiger partial charge in [0.25, 0.3) is 0 Å². The number of hydrogen-bond donors (Lipinski definition) is 1. The highest BCUT2D eigenvalue weighted by atomic mass is 35.5. The summed E-state index contributed by atoms with van der Waals surface area (Å²) >= 11 is 13.9. The zero-order chi connectivity index (χ0) is 23.0. The first kappa shape index (κ1) is 25.6. The lowest BCUT2D eigenvalue weighted by Crippen LogP contribution is -2.48. The number of halogens is 2. The Kier molecular flexibility index (Phi) is 9.81. The van der Waals surface area contributed by atoms with E-state index in [1.807, 2.05) is 6.92 Å². The van der Waals surface area contributed by atoms with Crippen LogP contribution in [0.4, 0.5) is 5.69 Å². The van der Waals surface area contributed by atoms with Gasteiger partial charge in [-0.05, 0) is 55.8 Å². The predicted octanol–water partition coefficient (Wildman–Crippen LogP) is 4.60. The van der Waals surface area contributed by atoms with Gasteiger partial charge in [0, 0.05) is 28.1 Å². The summed E-state index contributed by atoms with van der Waals surface area (Å²) in [4.78, 5) is 12.6. The third-order valence-corrected chi connectivity index (χ3v) is 7.28. The molecule has 1 amide bonds. The van der Waals surface area contributed by atoms with Gasteiger partial charge in [0.1, 0.15) is 11.8 Å². The lowest BCUT2D eigenvalue weighted by Gasteiger charge is -2.28. The Balaban J connectivity index is 1.94. The van der Waals surface area contributed by atoms with E-state index in [2.05, 4.69) is 5.32 Å². The molecule has 170 valence electrons. The molecule has 2 aromatic carbocycles. The van der Waals surface area contributed by atoms with Crippen LogP contribution in [-0.4, -0.2) is 45.5 Å². The molecule has 0 spiro atoms. The molecular formula is C21H26Cl2N2O4S2. The number of anilines is 1. The molecule has 0 aliphatic heterocycles. The first-order chi connectivity index (χ1) is 14.6. The third kappa shape index (κ3) is 7.49. The Labute approximate surface area is 198 Å². The van der Waals surface area contributed by atoms with Crippen molar-refractivity contribution in [3.8, 4) is 5.75 Å². The summed E-state index contributed by atoms with van der Waals surface area (Å²) in [6, 6.07) is 11.1. The van der Waals surface area contributed by atoms with E-state index in [0.29, 0.717) is 46.1 Å². The average molecular weight is 505 g/mol. The number of sulfonamides is 1. The molecule has 0 aliphatic rings. The normalized spacial score (nSPS) is 12.3. The number of carbonyl (C=O) groups excluding carboxylic acids is 1. The predicted molar refractivity (Wildman–Crippen MR) is 130 cm³/mol. The molecule has 31 heavy (non-hydrogen) atoms. The van der Waals surface area contributed by atoms with Gasteiger partial charge in [-0.3, -0.25) is 9.10 Å². The van der Waals surface area contributed by atoms with Crippen LogP contribution in [0.25, 0.3) is 0 Å². The zero-order valence-electron chi connectivity index (χ0n) is 17.6. The third-order valence-electron chi connectivity index (χ3n) is 4.34. The summed E-state index contributed by atoms with van der Waals surface area (Å²) < 4.78 is 31.2. The highest BCUT2D eigenvalue weighted by molar-refractivity contribution is 7.98. The van der Waals surface area contributed by atoms with Crippen LogP contribution in [0.3, 0.4) is 0 Å². The molecule has 0 saturated heterocycles. The lowest BCUT2D eigenvalue weighted by molar-refractivity contribution is -0.121. The molecule has 0 aromatic heterocycles. The van der Waals surface area contributed by atoms with Crippen LogP contribution in [0.5, 0.6) is 5.75 Å². The molecule has 1 atom stereocenters. The maximum atomic E-state index is 12.6. The van der Waals surface area contributed by atoms with Gasteiger partial charge in [0.15, 0.2) is 0 Å². The van der Waals surface area contributed by atoms with Gasteiger partial charge in [-0.2, -0.15) is 11.8 Å². The van der Waals surface area contributed by atoms with Crippen molar-refractivity contribution in [1.29, 1.82) is 0 Å². The van der Waals surface area contributed by atoms with E-state index >= 15 is 0 Å². The number of hydrogen-bond acceptors (Lipinski definition) is 5. The molecule has 0 radical (unpaired) electrons. The van der Waals surface area contributed by atoms with Crippen LogP contribution >= 0.6 is 35.0 Å². The number of amides is 1. The number of benzene rings is 2. The average Bonchev–Trinajstić information content (AvgIpc) is 2.70. The van der Waals surface area contributed by atoms with Gasteiger partial charge >= 0.3 is 0 Å². The molecule has 1 N–H and O–H groups in total. The fourth-order valence-electron chi connectivity index (χ4n) is 2.90. The minimum absolute atomic E-state index is 0.379. The number of nitrogens with one attached hydrogen (secondary N) is 1. The van der Waals surface area contributed by atoms with E-state index in [-0.39, 0.29) is 5.91 Å². The van der Waals surface area contributed by atoms with Crippen LogP contribution in [0.1, 0.15) is 19.4 Å². The highest BCUT2D eigenvalue weighted by Gasteiger charge is 2.28. The van der Waals surface area contributed by atoms with Gasteiger partial charge in [-0.1, -0.05) is 29.3 Å². The first-order valence-electron chi connectivity index (χ1n) is 9.65. The molecule has 6 nitrogen and oxygen atoms in total. The summed E-state index contributed by atoms with van der Waals surface area (Å²) in [7, 11) is -3.67. The Morgan fingerprint density at radius 2 is 1.77 bits per heavy atom. The minimum atomic E-state index is -3.67. The molecule has 0 heterocycles. The number of rotatable bonds is 11. The van der Waals surface area contributed by atoms with E-state index in [9.17, 15) is 13.2 Å². The SMILES string of the molecule is CCOc1ccc(N([C@H](C)C(=O)NCCSCc2c(Cl)cccc2Cl)S(C)(=O)=O)cc1. The second-order valence-electron chi connectivity index (χ2n) is 6.71. The van der Waals surface area contributed by atoms with Crippen molar-refractivity contribution in [2.75, 3.05) is 29.5 Å². The molecule has 0 unspecified atom stereocenters. The van der Waals surface area contributed by atoms with Crippen LogP contribution < -0.4 is 14.4 Å². The van der Waals surface area contributed by atoms with Crippen molar-refractivity contribution in [1.82, 2.24) is 5.32 Å². The van der Waals surface area contributed by atoms with E-state index in [0.717, 1.165) is 16.1 Å². The standard InChI is InChI=1S/C21H26Cl2N2O4S2/c1-4-29-17-10-8-16(9-11-17)25(31(3,27)28)15(2)21(26)24-12-13-30-14-18-19(22)6-5-7-20(18)23/h5-11,15H,4,12-14H2,1-3H3,(H,24,26)/t15-/m1/s1. The van der Waals surface area contributed by atoms with E-state index in [4.69, 9.17) is 27.9 Å². The topological polar surface area (TPSA) is 75.7 Å².